The van der Waals surface area contributed by atoms with Crippen LogP contribution in [0.1, 0.15) is 82.4 Å². The van der Waals surface area contributed by atoms with Crippen molar-refractivity contribution in [3.05, 3.63) is 18.0 Å². The van der Waals surface area contributed by atoms with Crippen LogP contribution in [0.25, 0.3) is 0 Å². The smallest absolute Gasteiger partial charge is 0.0643 e. The van der Waals surface area contributed by atoms with Gasteiger partial charge in [-0.2, -0.15) is 5.10 Å². The monoisotopic (exact) mass is 275 g/mol. The number of hydrogen-bond acceptors (Lipinski definition) is 2. The van der Waals surface area contributed by atoms with Gasteiger partial charge in [0.1, 0.15) is 0 Å². The van der Waals surface area contributed by atoms with Gasteiger partial charge in [-0.3, -0.25) is 4.68 Å². The van der Waals surface area contributed by atoms with E-state index in [1.807, 2.05) is 0 Å². The molecule has 2 fully saturated rings. The Bertz CT molecular complexity index is 410. The molecule has 2 aliphatic carbocycles. The summed E-state index contributed by atoms with van der Waals surface area (Å²) < 4.78 is 2.22. The molecule has 3 rings (SSSR count). The largest absolute Gasteiger partial charge is 0.325 e. The van der Waals surface area contributed by atoms with Gasteiger partial charge < -0.3 is 5.73 Å². The topological polar surface area (TPSA) is 43.8 Å². The minimum absolute atomic E-state index is 0.00223. The van der Waals surface area contributed by atoms with Crippen LogP contribution in [0.15, 0.2) is 12.3 Å². The van der Waals surface area contributed by atoms with Crippen molar-refractivity contribution in [3.63, 3.8) is 0 Å². The molecular formula is C17H29N3. The lowest BCUT2D eigenvalue weighted by molar-refractivity contribution is 0.323. The Balaban J connectivity index is 1.63. The normalized spacial score (nSPS) is 24.4. The zero-order valence-corrected chi connectivity index (χ0v) is 12.7. The molecule has 112 valence electrons. The lowest BCUT2D eigenvalue weighted by atomic mass is 9.87. The van der Waals surface area contributed by atoms with Gasteiger partial charge in [-0.15, -0.1) is 0 Å². The third-order valence-electron chi connectivity index (χ3n) is 5.24. The van der Waals surface area contributed by atoms with E-state index in [0.29, 0.717) is 6.04 Å². The van der Waals surface area contributed by atoms with Crippen LogP contribution in [0.2, 0.25) is 0 Å². The van der Waals surface area contributed by atoms with Crippen molar-refractivity contribution >= 4 is 0 Å². The maximum atomic E-state index is 6.63. The molecule has 3 nitrogen and oxygen atoms in total. The summed E-state index contributed by atoms with van der Waals surface area (Å²) in [4.78, 5) is 0. The first-order valence-electron chi connectivity index (χ1n) is 8.58. The average Bonchev–Trinajstić information content (AvgIpc) is 2.81. The number of aromatic nitrogens is 2. The van der Waals surface area contributed by atoms with E-state index >= 15 is 0 Å². The molecule has 0 radical (unpaired) electrons. The van der Waals surface area contributed by atoms with Gasteiger partial charge in [0, 0.05) is 18.2 Å². The van der Waals surface area contributed by atoms with E-state index in [-0.39, 0.29) is 5.54 Å². The highest BCUT2D eigenvalue weighted by molar-refractivity contribution is 5.06. The maximum absolute atomic E-state index is 6.63. The predicted octanol–water partition coefficient (Wildman–Crippen LogP) is 3.98. The van der Waals surface area contributed by atoms with E-state index in [1.54, 1.807) is 0 Å². The molecule has 0 unspecified atom stereocenters. The van der Waals surface area contributed by atoms with Crippen LogP contribution in [0.4, 0.5) is 0 Å². The highest BCUT2D eigenvalue weighted by atomic mass is 15.3. The van der Waals surface area contributed by atoms with E-state index < -0.39 is 0 Å². The summed E-state index contributed by atoms with van der Waals surface area (Å²) in [6.07, 6.45) is 17.5. The molecule has 2 saturated carbocycles. The maximum Gasteiger partial charge on any atom is 0.0643 e. The fraction of sp³-hybridized carbons (Fsp3) is 0.824. The van der Waals surface area contributed by atoms with Crippen molar-refractivity contribution in [2.45, 2.75) is 88.6 Å². The van der Waals surface area contributed by atoms with Gasteiger partial charge in [-0.05, 0) is 31.7 Å². The molecule has 1 aromatic rings. The summed E-state index contributed by atoms with van der Waals surface area (Å²) in [5.41, 5.74) is 7.84. The quantitative estimate of drug-likeness (QED) is 0.848. The molecular weight excluding hydrogens is 246 g/mol. The predicted molar refractivity (Wildman–Crippen MR) is 82.7 cm³/mol. The van der Waals surface area contributed by atoms with Crippen LogP contribution in [-0.2, 0) is 6.42 Å². The van der Waals surface area contributed by atoms with Crippen LogP contribution in [0.3, 0.4) is 0 Å². The van der Waals surface area contributed by atoms with Crippen molar-refractivity contribution < 1.29 is 0 Å². The summed E-state index contributed by atoms with van der Waals surface area (Å²) in [5.74, 6) is 0. The van der Waals surface area contributed by atoms with Crippen LogP contribution in [-0.4, -0.2) is 15.3 Å². The Kier molecular flexibility index (Phi) is 4.45. The zero-order chi connectivity index (χ0) is 13.8. The van der Waals surface area contributed by atoms with Gasteiger partial charge in [0.05, 0.1) is 11.7 Å². The highest BCUT2D eigenvalue weighted by Gasteiger charge is 2.27. The summed E-state index contributed by atoms with van der Waals surface area (Å²) in [6, 6.07) is 2.84. The summed E-state index contributed by atoms with van der Waals surface area (Å²) >= 11 is 0. The zero-order valence-electron chi connectivity index (χ0n) is 12.7. The van der Waals surface area contributed by atoms with Crippen LogP contribution < -0.4 is 5.73 Å². The molecule has 0 aromatic carbocycles. The highest BCUT2D eigenvalue weighted by Crippen LogP contribution is 2.30. The lowest BCUT2D eigenvalue weighted by Crippen LogP contribution is -2.41. The molecule has 2 N–H and O–H groups in total. The lowest BCUT2D eigenvalue weighted by Gasteiger charge is -2.27. The summed E-state index contributed by atoms with van der Waals surface area (Å²) in [6.45, 7) is 0. The molecule has 1 aromatic heterocycles. The molecule has 0 saturated heterocycles. The van der Waals surface area contributed by atoms with E-state index in [4.69, 9.17) is 10.8 Å². The molecule has 0 bridgehead atoms. The molecule has 3 heteroatoms. The molecule has 1 heterocycles. The second-order valence-electron chi connectivity index (χ2n) is 7.03. The first-order chi connectivity index (χ1) is 9.75. The van der Waals surface area contributed by atoms with E-state index in [1.165, 1.54) is 76.3 Å². The Morgan fingerprint density at radius 2 is 1.70 bits per heavy atom. The van der Waals surface area contributed by atoms with E-state index in [2.05, 4.69) is 16.9 Å². The first kappa shape index (κ1) is 14.1. The minimum Gasteiger partial charge on any atom is -0.325 e. The summed E-state index contributed by atoms with van der Waals surface area (Å²) in [7, 11) is 0. The van der Waals surface area contributed by atoms with Crippen molar-refractivity contribution in [2.24, 2.45) is 5.73 Å². The van der Waals surface area contributed by atoms with Crippen molar-refractivity contribution in [3.8, 4) is 0 Å². The fourth-order valence-corrected chi connectivity index (χ4v) is 3.99. The van der Waals surface area contributed by atoms with Gasteiger partial charge in [-0.25, -0.2) is 0 Å². The van der Waals surface area contributed by atoms with Crippen molar-refractivity contribution in [1.29, 1.82) is 0 Å². The average molecular weight is 275 g/mol. The molecule has 20 heavy (non-hydrogen) atoms. The third-order valence-corrected chi connectivity index (χ3v) is 5.24. The Hall–Kier alpha value is -0.830. The van der Waals surface area contributed by atoms with Gasteiger partial charge in [-0.1, -0.05) is 44.9 Å². The Morgan fingerprint density at radius 3 is 2.40 bits per heavy atom. The van der Waals surface area contributed by atoms with Crippen LogP contribution >= 0.6 is 0 Å². The minimum atomic E-state index is 0.00223. The van der Waals surface area contributed by atoms with Crippen molar-refractivity contribution in [2.75, 3.05) is 0 Å². The SMILES string of the molecule is NC1(Cc2ccn(C3CCCCC3)n2)CCCCCC1. The Morgan fingerprint density at radius 1 is 1.05 bits per heavy atom. The number of hydrogen-bond donors (Lipinski definition) is 1. The van der Waals surface area contributed by atoms with Gasteiger partial charge >= 0.3 is 0 Å². The molecule has 0 amide bonds. The molecule has 2 aliphatic rings. The number of nitrogens with two attached hydrogens (primary N) is 1. The van der Waals surface area contributed by atoms with Gasteiger partial charge in [0.25, 0.3) is 0 Å². The number of nitrogens with zero attached hydrogens (tertiary/aromatic N) is 2. The molecule has 0 spiro atoms. The third kappa shape index (κ3) is 3.43. The molecule has 0 aliphatic heterocycles. The molecule has 0 atom stereocenters. The first-order valence-corrected chi connectivity index (χ1v) is 8.58. The van der Waals surface area contributed by atoms with Gasteiger partial charge in [0.2, 0.25) is 0 Å². The van der Waals surface area contributed by atoms with Crippen LogP contribution in [0.5, 0.6) is 0 Å². The second-order valence-corrected chi connectivity index (χ2v) is 7.03. The van der Waals surface area contributed by atoms with E-state index in [0.717, 1.165) is 6.42 Å². The van der Waals surface area contributed by atoms with Crippen molar-refractivity contribution in [1.82, 2.24) is 9.78 Å². The summed E-state index contributed by atoms with van der Waals surface area (Å²) in [5, 5.41) is 4.84. The standard InChI is InChI=1S/C17H29N3/c18-17(11-6-1-2-7-12-17)14-15-10-13-20(19-15)16-8-4-3-5-9-16/h10,13,16H,1-9,11-12,14,18H2. The Labute approximate surface area is 122 Å². The van der Waals surface area contributed by atoms with Crippen LogP contribution in [0, 0.1) is 0 Å². The number of rotatable bonds is 3. The van der Waals surface area contributed by atoms with E-state index in [9.17, 15) is 0 Å². The fourth-order valence-electron chi connectivity index (χ4n) is 3.99. The second kappa shape index (κ2) is 6.30. The van der Waals surface area contributed by atoms with Gasteiger partial charge in [0.15, 0.2) is 0 Å².